The largest absolute Gasteiger partial charge is 0.377 e. The Kier molecular flexibility index (Phi) is 4.81. The van der Waals surface area contributed by atoms with Gasteiger partial charge in [0.25, 0.3) is 0 Å². The van der Waals surface area contributed by atoms with Crippen LogP contribution in [0.3, 0.4) is 0 Å². The molecule has 0 aromatic heterocycles. The zero-order chi connectivity index (χ0) is 13.0. The lowest BCUT2D eigenvalue weighted by atomic mass is 9.99. The summed E-state index contributed by atoms with van der Waals surface area (Å²) in [5, 5.41) is 0. The van der Waals surface area contributed by atoms with E-state index in [4.69, 9.17) is 4.74 Å². The molecule has 0 aromatic carbocycles. The molecule has 0 aromatic rings. The highest BCUT2D eigenvalue weighted by molar-refractivity contribution is 5.77. The number of allylic oxidation sites excluding steroid dienone is 2. The average Bonchev–Trinajstić information content (AvgIpc) is 2.81. The first-order valence-corrected chi connectivity index (χ1v) is 7.20. The molecule has 1 heterocycles. The number of amides is 1. The molecule has 1 amide bonds. The number of morpholine rings is 1. The van der Waals surface area contributed by atoms with E-state index in [1.54, 1.807) is 0 Å². The van der Waals surface area contributed by atoms with Gasteiger partial charge in [-0.15, -0.1) is 0 Å². The molecule has 3 heteroatoms. The van der Waals surface area contributed by atoms with Crippen LogP contribution < -0.4 is 0 Å². The van der Waals surface area contributed by atoms with Crippen LogP contribution in [0.5, 0.6) is 0 Å². The fourth-order valence-electron chi connectivity index (χ4n) is 2.93. The highest BCUT2D eigenvalue weighted by atomic mass is 16.5. The Morgan fingerprint density at radius 2 is 2.33 bits per heavy atom. The van der Waals surface area contributed by atoms with Gasteiger partial charge in [0, 0.05) is 13.0 Å². The van der Waals surface area contributed by atoms with Crippen molar-refractivity contribution in [3.8, 4) is 0 Å². The number of nitrogens with zero attached hydrogens (tertiary/aromatic N) is 1. The van der Waals surface area contributed by atoms with E-state index in [1.807, 2.05) is 0 Å². The van der Waals surface area contributed by atoms with Crippen molar-refractivity contribution in [2.24, 2.45) is 11.8 Å². The molecule has 1 aliphatic heterocycles. The van der Waals surface area contributed by atoms with Crippen molar-refractivity contribution < 1.29 is 9.53 Å². The van der Waals surface area contributed by atoms with E-state index in [9.17, 15) is 4.79 Å². The quantitative estimate of drug-likeness (QED) is 0.719. The Bertz CT molecular complexity index is 312. The predicted octanol–water partition coefficient (Wildman–Crippen LogP) is 2.62. The van der Waals surface area contributed by atoms with Gasteiger partial charge < -0.3 is 9.64 Å². The highest BCUT2D eigenvalue weighted by Crippen LogP contribution is 2.23. The van der Waals surface area contributed by atoms with Gasteiger partial charge in [-0.05, 0) is 31.1 Å². The molecule has 0 radical (unpaired) electrons. The van der Waals surface area contributed by atoms with Gasteiger partial charge in [0.1, 0.15) is 0 Å². The first kappa shape index (κ1) is 13.6. The summed E-state index contributed by atoms with van der Waals surface area (Å²) in [5.74, 6) is 1.40. The molecule has 0 bridgehead atoms. The Hall–Kier alpha value is -0.830. The third kappa shape index (κ3) is 3.58. The number of hydrogen-bond acceptors (Lipinski definition) is 2. The zero-order valence-corrected chi connectivity index (χ0v) is 11.6. The summed E-state index contributed by atoms with van der Waals surface area (Å²) < 4.78 is 5.53. The van der Waals surface area contributed by atoms with Crippen molar-refractivity contribution in [3.63, 3.8) is 0 Å². The monoisotopic (exact) mass is 251 g/mol. The molecule has 1 aliphatic carbocycles. The lowest BCUT2D eigenvalue weighted by Crippen LogP contribution is -2.49. The van der Waals surface area contributed by atoms with Gasteiger partial charge >= 0.3 is 0 Å². The summed E-state index contributed by atoms with van der Waals surface area (Å²) in [7, 11) is 0. The summed E-state index contributed by atoms with van der Waals surface area (Å²) in [6.07, 6.45) is 8.41. The molecule has 2 rings (SSSR count). The molecule has 1 fully saturated rings. The van der Waals surface area contributed by atoms with Crippen molar-refractivity contribution in [3.05, 3.63) is 12.2 Å². The van der Waals surface area contributed by atoms with Gasteiger partial charge in [0.15, 0.2) is 0 Å². The topological polar surface area (TPSA) is 29.5 Å². The van der Waals surface area contributed by atoms with Crippen LogP contribution in [-0.2, 0) is 9.53 Å². The normalized spacial score (nSPS) is 28.1. The third-order valence-electron chi connectivity index (χ3n) is 3.84. The van der Waals surface area contributed by atoms with Gasteiger partial charge in [0.05, 0.1) is 19.3 Å². The second kappa shape index (κ2) is 6.37. The second-order valence-electron chi connectivity index (χ2n) is 5.92. The van der Waals surface area contributed by atoms with E-state index in [0.29, 0.717) is 37.4 Å². The molecule has 1 saturated heterocycles. The minimum Gasteiger partial charge on any atom is -0.377 e. The lowest BCUT2D eigenvalue weighted by Gasteiger charge is -2.37. The van der Waals surface area contributed by atoms with Gasteiger partial charge in [-0.1, -0.05) is 26.0 Å². The van der Waals surface area contributed by atoms with E-state index in [-0.39, 0.29) is 6.04 Å². The van der Waals surface area contributed by atoms with Gasteiger partial charge in [-0.2, -0.15) is 0 Å². The first-order valence-electron chi connectivity index (χ1n) is 7.20. The Morgan fingerprint density at radius 3 is 3.00 bits per heavy atom. The summed E-state index contributed by atoms with van der Waals surface area (Å²) in [4.78, 5) is 14.4. The molecule has 0 saturated carbocycles. The molecule has 2 atom stereocenters. The van der Waals surface area contributed by atoms with E-state index in [0.717, 1.165) is 25.8 Å². The van der Waals surface area contributed by atoms with Crippen molar-refractivity contribution in [2.45, 2.75) is 45.6 Å². The van der Waals surface area contributed by atoms with Crippen molar-refractivity contribution in [1.82, 2.24) is 4.90 Å². The zero-order valence-electron chi connectivity index (χ0n) is 11.6. The third-order valence-corrected chi connectivity index (χ3v) is 3.84. The number of carbonyl (C=O) groups excluding carboxylic acids is 1. The van der Waals surface area contributed by atoms with Crippen LogP contribution in [0.1, 0.15) is 39.5 Å². The molecular formula is C15H25NO2. The minimum atomic E-state index is 0.289. The minimum absolute atomic E-state index is 0.289. The molecule has 2 aliphatic rings. The van der Waals surface area contributed by atoms with Crippen molar-refractivity contribution in [2.75, 3.05) is 19.8 Å². The molecule has 18 heavy (non-hydrogen) atoms. The van der Waals surface area contributed by atoms with Crippen LogP contribution >= 0.6 is 0 Å². The molecular weight excluding hydrogens is 226 g/mol. The smallest absolute Gasteiger partial charge is 0.223 e. The predicted molar refractivity (Wildman–Crippen MR) is 72.3 cm³/mol. The number of ether oxygens (including phenoxy) is 1. The van der Waals surface area contributed by atoms with E-state index < -0.39 is 0 Å². The molecule has 102 valence electrons. The lowest BCUT2D eigenvalue weighted by molar-refractivity contribution is -0.141. The fraction of sp³-hybridized carbons (Fsp3) is 0.800. The average molecular weight is 251 g/mol. The van der Waals surface area contributed by atoms with E-state index >= 15 is 0 Å². The Balaban J connectivity index is 1.90. The maximum absolute atomic E-state index is 12.4. The standard InChI is InChI=1S/C15H25NO2/c1-12(2)9-14-11-18-8-7-16(14)15(17)10-13-5-3-4-6-13/h3,5,12-14H,4,6-11H2,1-2H3/t13-,14-/m0/s1. The second-order valence-corrected chi connectivity index (χ2v) is 5.92. The van der Waals surface area contributed by atoms with E-state index in [2.05, 4.69) is 30.9 Å². The summed E-state index contributed by atoms with van der Waals surface area (Å²) in [5.41, 5.74) is 0. The first-order chi connectivity index (χ1) is 8.66. The fourth-order valence-corrected chi connectivity index (χ4v) is 2.93. The Labute approximate surface area is 110 Å². The van der Waals surface area contributed by atoms with Gasteiger partial charge in [0.2, 0.25) is 5.91 Å². The van der Waals surface area contributed by atoms with Crippen LogP contribution in [0.15, 0.2) is 12.2 Å². The summed E-state index contributed by atoms with van der Waals surface area (Å²) in [6.45, 7) is 6.59. The number of rotatable bonds is 4. The number of carbonyl (C=O) groups is 1. The number of hydrogen-bond donors (Lipinski definition) is 0. The molecule has 0 unspecified atom stereocenters. The Morgan fingerprint density at radius 1 is 1.50 bits per heavy atom. The SMILES string of the molecule is CC(C)C[C@H]1COCCN1C(=O)C[C@H]1C=CCC1. The van der Waals surface area contributed by atoms with Crippen molar-refractivity contribution >= 4 is 5.91 Å². The maximum atomic E-state index is 12.4. The van der Waals surface area contributed by atoms with Crippen molar-refractivity contribution in [1.29, 1.82) is 0 Å². The van der Waals surface area contributed by atoms with Crippen LogP contribution in [0, 0.1) is 11.8 Å². The van der Waals surface area contributed by atoms with E-state index in [1.165, 1.54) is 0 Å². The highest BCUT2D eigenvalue weighted by Gasteiger charge is 2.28. The molecule has 0 spiro atoms. The van der Waals surface area contributed by atoms with Gasteiger partial charge in [-0.3, -0.25) is 4.79 Å². The summed E-state index contributed by atoms with van der Waals surface area (Å²) in [6, 6.07) is 0.289. The molecule has 3 nitrogen and oxygen atoms in total. The maximum Gasteiger partial charge on any atom is 0.223 e. The van der Waals surface area contributed by atoms with Crippen LogP contribution in [0.25, 0.3) is 0 Å². The van der Waals surface area contributed by atoms with Crippen LogP contribution in [0.4, 0.5) is 0 Å². The summed E-state index contributed by atoms with van der Waals surface area (Å²) >= 11 is 0. The van der Waals surface area contributed by atoms with Crippen LogP contribution in [-0.4, -0.2) is 36.6 Å². The van der Waals surface area contributed by atoms with Crippen LogP contribution in [0.2, 0.25) is 0 Å². The van der Waals surface area contributed by atoms with Gasteiger partial charge in [-0.25, -0.2) is 0 Å². The molecule has 0 N–H and O–H groups in total.